The molecule has 2 aromatic rings. The van der Waals surface area contributed by atoms with Crippen molar-refractivity contribution in [2.75, 3.05) is 11.9 Å². The fourth-order valence-electron chi connectivity index (χ4n) is 2.86. The first-order chi connectivity index (χ1) is 13.8. The summed E-state index contributed by atoms with van der Waals surface area (Å²) in [5, 5.41) is 11.5. The van der Waals surface area contributed by atoms with Gasteiger partial charge in [-0.3, -0.25) is 9.79 Å². The summed E-state index contributed by atoms with van der Waals surface area (Å²) in [5.74, 6) is -1.88. The third-order valence-corrected chi connectivity index (χ3v) is 4.49. The zero-order valence-electron chi connectivity index (χ0n) is 15.2. The zero-order chi connectivity index (χ0) is 21.2. The largest absolute Gasteiger partial charge is 0.385 e. The van der Waals surface area contributed by atoms with Crippen LogP contribution >= 0.6 is 0 Å². The summed E-state index contributed by atoms with van der Waals surface area (Å²) in [4.78, 5) is 20.1. The van der Waals surface area contributed by atoms with Crippen LogP contribution in [-0.2, 0) is 10.3 Å². The van der Waals surface area contributed by atoms with Crippen LogP contribution in [0, 0.1) is 17.1 Å². The van der Waals surface area contributed by atoms with Crippen molar-refractivity contribution in [1.82, 2.24) is 4.98 Å². The Morgan fingerprint density at radius 2 is 2.21 bits per heavy atom. The third kappa shape index (κ3) is 3.77. The van der Waals surface area contributed by atoms with Gasteiger partial charge in [0.1, 0.15) is 29.5 Å². The maximum Gasteiger partial charge on any atom is 0.275 e. The number of halogens is 3. The number of pyridine rings is 1. The molecule has 1 amide bonds. The highest BCUT2D eigenvalue weighted by Gasteiger charge is 2.47. The molecule has 0 saturated heterocycles. The lowest BCUT2D eigenvalue weighted by Crippen LogP contribution is -2.48. The molecule has 2 heterocycles. The van der Waals surface area contributed by atoms with Gasteiger partial charge in [0.15, 0.2) is 5.54 Å². The minimum atomic E-state index is -3.12. The molecule has 0 saturated carbocycles. The number of alkyl halides is 2. The Labute approximate surface area is 164 Å². The topological polar surface area (TPSA) is 113 Å². The number of aliphatic imine (C=N–C) groups is 1. The molecule has 0 spiro atoms. The summed E-state index contributed by atoms with van der Waals surface area (Å²) in [6.45, 7) is 0.959. The number of nitrogens with two attached hydrogens (primary N) is 1. The highest BCUT2D eigenvalue weighted by Crippen LogP contribution is 2.38. The predicted octanol–water partition coefficient (Wildman–Crippen LogP) is 2.58. The van der Waals surface area contributed by atoms with Crippen LogP contribution in [0.15, 0.2) is 41.5 Å². The van der Waals surface area contributed by atoms with Gasteiger partial charge < -0.3 is 15.8 Å². The van der Waals surface area contributed by atoms with E-state index in [1.807, 2.05) is 6.07 Å². The standard InChI is InChI=1S/C19H16F3N5O2/c1-10-16(24)27-19(9-29-10,18(21)22)13-7-12(4-5-14(13)20)26-17(28)15-11(8-23)3-2-6-25-15/h2-7,10,18H,9H2,1H3,(H2,24,27)(H,26,28)/t10-,19+/m1/s1. The molecular weight excluding hydrogens is 387 g/mol. The molecule has 0 radical (unpaired) electrons. The number of amides is 1. The number of nitrogens with one attached hydrogen (secondary N) is 1. The number of benzene rings is 1. The quantitative estimate of drug-likeness (QED) is 0.815. The van der Waals surface area contributed by atoms with Crippen LogP contribution < -0.4 is 11.1 Å². The van der Waals surface area contributed by atoms with E-state index < -0.39 is 42.0 Å². The molecule has 7 nitrogen and oxygen atoms in total. The van der Waals surface area contributed by atoms with Crippen LogP contribution in [0.4, 0.5) is 18.9 Å². The predicted molar refractivity (Wildman–Crippen MR) is 98.0 cm³/mol. The average Bonchev–Trinajstić information content (AvgIpc) is 2.71. The lowest BCUT2D eigenvalue weighted by atomic mass is 9.89. The number of carbonyl (C=O) groups is 1. The van der Waals surface area contributed by atoms with Crippen molar-refractivity contribution in [3.8, 4) is 6.07 Å². The van der Waals surface area contributed by atoms with Crippen molar-refractivity contribution in [3.05, 3.63) is 59.2 Å². The number of anilines is 1. The van der Waals surface area contributed by atoms with Gasteiger partial charge >= 0.3 is 0 Å². The van der Waals surface area contributed by atoms with Gasteiger partial charge in [-0.25, -0.2) is 18.2 Å². The van der Waals surface area contributed by atoms with Gasteiger partial charge in [0.2, 0.25) is 0 Å². The van der Waals surface area contributed by atoms with Gasteiger partial charge in [0.25, 0.3) is 12.3 Å². The van der Waals surface area contributed by atoms with Gasteiger partial charge in [-0.2, -0.15) is 5.26 Å². The molecule has 0 unspecified atom stereocenters. The Morgan fingerprint density at radius 3 is 2.86 bits per heavy atom. The number of nitriles is 1. The molecule has 1 aromatic carbocycles. The Kier molecular flexibility index (Phi) is 5.52. The van der Waals surface area contributed by atoms with Crippen LogP contribution in [-0.4, -0.2) is 35.9 Å². The van der Waals surface area contributed by atoms with Crippen molar-refractivity contribution in [1.29, 1.82) is 5.26 Å². The summed E-state index contributed by atoms with van der Waals surface area (Å²) >= 11 is 0. The van der Waals surface area contributed by atoms with E-state index >= 15 is 0 Å². The van der Waals surface area contributed by atoms with Crippen LogP contribution in [0.3, 0.4) is 0 Å². The second kappa shape index (κ2) is 7.89. The van der Waals surface area contributed by atoms with Gasteiger partial charge in [0, 0.05) is 17.4 Å². The van der Waals surface area contributed by atoms with E-state index in [9.17, 15) is 18.0 Å². The minimum Gasteiger partial charge on any atom is -0.385 e. The summed E-state index contributed by atoms with van der Waals surface area (Å²) in [7, 11) is 0. The molecule has 10 heteroatoms. The second-order valence-corrected chi connectivity index (χ2v) is 6.37. The van der Waals surface area contributed by atoms with Crippen molar-refractivity contribution >= 4 is 17.4 Å². The third-order valence-electron chi connectivity index (χ3n) is 4.49. The first-order valence-electron chi connectivity index (χ1n) is 8.50. The van der Waals surface area contributed by atoms with E-state index in [1.165, 1.54) is 24.4 Å². The van der Waals surface area contributed by atoms with Crippen molar-refractivity contribution in [2.24, 2.45) is 10.7 Å². The summed E-state index contributed by atoms with van der Waals surface area (Å²) in [5.41, 5.74) is 2.75. The number of nitrogens with zero attached hydrogens (tertiary/aromatic N) is 3. The normalized spacial score (nSPS) is 21.4. The van der Waals surface area contributed by atoms with Crippen molar-refractivity contribution < 1.29 is 22.7 Å². The van der Waals surface area contributed by atoms with E-state index in [0.29, 0.717) is 0 Å². The second-order valence-electron chi connectivity index (χ2n) is 6.37. The molecular formula is C19H16F3N5O2. The molecule has 1 aromatic heterocycles. The molecule has 3 rings (SSSR count). The highest BCUT2D eigenvalue weighted by atomic mass is 19.3. The number of amidine groups is 1. The lowest BCUT2D eigenvalue weighted by Gasteiger charge is -2.35. The van der Waals surface area contributed by atoms with E-state index in [2.05, 4.69) is 15.3 Å². The summed E-state index contributed by atoms with van der Waals surface area (Å²) in [6.07, 6.45) is -2.47. The van der Waals surface area contributed by atoms with Crippen LogP contribution in [0.1, 0.15) is 28.5 Å². The molecule has 1 aliphatic heterocycles. The number of rotatable bonds is 4. The maximum atomic E-state index is 14.5. The van der Waals surface area contributed by atoms with Crippen LogP contribution in [0.5, 0.6) is 0 Å². The van der Waals surface area contributed by atoms with Crippen molar-refractivity contribution in [2.45, 2.75) is 25.0 Å². The Balaban J connectivity index is 2.00. The first kappa shape index (κ1) is 20.3. The molecule has 3 N–H and O–H groups in total. The SMILES string of the molecule is C[C@H]1OC[C@](c2cc(NC(=O)c3ncccc3C#N)ccc2F)(C(F)F)N=C1N. The number of ether oxygens (including phenoxy) is 1. The molecule has 2 atom stereocenters. The number of hydrogen-bond acceptors (Lipinski definition) is 6. The lowest BCUT2D eigenvalue weighted by molar-refractivity contribution is -0.0340. The number of hydrogen-bond donors (Lipinski definition) is 2. The minimum absolute atomic E-state index is 0.0216. The van der Waals surface area contributed by atoms with Crippen LogP contribution in [0.2, 0.25) is 0 Å². The number of carbonyl (C=O) groups excluding carboxylic acids is 1. The smallest absolute Gasteiger partial charge is 0.275 e. The molecule has 0 fully saturated rings. The molecule has 150 valence electrons. The van der Waals surface area contributed by atoms with E-state index in [4.69, 9.17) is 15.7 Å². The molecule has 0 aliphatic carbocycles. The number of aromatic nitrogens is 1. The fraction of sp³-hybridized carbons (Fsp3) is 0.263. The molecule has 29 heavy (non-hydrogen) atoms. The van der Waals surface area contributed by atoms with E-state index in [0.717, 1.165) is 12.1 Å². The van der Waals surface area contributed by atoms with Gasteiger partial charge in [-0.15, -0.1) is 0 Å². The maximum absolute atomic E-state index is 14.5. The van der Waals surface area contributed by atoms with E-state index in [1.54, 1.807) is 6.92 Å². The Morgan fingerprint density at radius 1 is 1.45 bits per heavy atom. The molecule has 1 aliphatic rings. The van der Waals surface area contributed by atoms with Crippen LogP contribution in [0.25, 0.3) is 0 Å². The monoisotopic (exact) mass is 403 g/mol. The average molecular weight is 403 g/mol. The van der Waals surface area contributed by atoms with Gasteiger partial charge in [-0.05, 0) is 37.3 Å². The first-order valence-corrected chi connectivity index (χ1v) is 8.50. The Hall–Kier alpha value is -3.45. The molecule has 0 bridgehead atoms. The van der Waals surface area contributed by atoms with Gasteiger partial charge in [0.05, 0.1) is 12.2 Å². The highest BCUT2D eigenvalue weighted by molar-refractivity contribution is 6.04. The summed E-state index contributed by atoms with van der Waals surface area (Å²) < 4.78 is 47.7. The Bertz CT molecular complexity index is 1020. The zero-order valence-corrected chi connectivity index (χ0v) is 15.2. The van der Waals surface area contributed by atoms with E-state index in [-0.39, 0.29) is 22.8 Å². The van der Waals surface area contributed by atoms with Crippen molar-refractivity contribution in [3.63, 3.8) is 0 Å². The van der Waals surface area contributed by atoms with Gasteiger partial charge in [-0.1, -0.05) is 0 Å². The summed E-state index contributed by atoms with van der Waals surface area (Å²) in [6, 6.07) is 7.91. The fourth-order valence-corrected chi connectivity index (χ4v) is 2.86.